The van der Waals surface area contributed by atoms with E-state index in [1.165, 1.54) is 0 Å². The minimum atomic E-state index is -0.465. The first-order valence-corrected chi connectivity index (χ1v) is 7.16. The summed E-state index contributed by atoms with van der Waals surface area (Å²) >= 11 is 5.78. The van der Waals surface area contributed by atoms with Crippen LogP contribution in [0.5, 0.6) is 5.75 Å². The molecule has 3 amide bonds. The third kappa shape index (κ3) is 7.53. The Balaban J connectivity index is 2.21. The van der Waals surface area contributed by atoms with Crippen LogP contribution in [0.4, 0.5) is 4.79 Å². The van der Waals surface area contributed by atoms with Crippen molar-refractivity contribution < 1.29 is 19.2 Å². The molecule has 0 heterocycles. The molecule has 0 aliphatic heterocycles. The average Bonchev–Trinajstić information content (AvgIpc) is 2.41. The van der Waals surface area contributed by atoms with Crippen LogP contribution in [0.1, 0.15) is 6.92 Å². The molecular weight excluding hydrogens is 294 g/mol. The first-order chi connectivity index (χ1) is 10.0. The van der Waals surface area contributed by atoms with Crippen LogP contribution in [0.2, 0.25) is 5.02 Å². The molecule has 0 radical (unpaired) electrons. The lowest BCUT2D eigenvalue weighted by atomic mass is 10.3. The van der Waals surface area contributed by atoms with Crippen molar-refractivity contribution in [2.24, 2.45) is 0 Å². The van der Waals surface area contributed by atoms with E-state index in [4.69, 9.17) is 16.3 Å². The minimum absolute atomic E-state index is 0.209. The second-order valence-electron chi connectivity index (χ2n) is 4.59. The number of quaternary nitrogens is 1. The van der Waals surface area contributed by atoms with Gasteiger partial charge in [0.1, 0.15) is 18.9 Å². The Hall–Kier alpha value is -1.79. The Morgan fingerprint density at radius 2 is 1.95 bits per heavy atom. The molecule has 0 aliphatic rings. The van der Waals surface area contributed by atoms with E-state index in [1.807, 2.05) is 7.05 Å². The first-order valence-electron chi connectivity index (χ1n) is 6.78. The van der Waals surface area contributed by atoms with Gasteiger partial charge in [0.2, 0.25) is 0 Å². The van der Waals surface area contributed by atoms with Gasteiger partial charge in [-0.25, -0.2) is 4.79 Å². The number of halogens is 1. The number of nitrogens with one attached hydrogen (secondary N) is 3. The van der Waals surface area contributed by atoms with Gasteiger partial charge in [0.05, 0.1) is 7.05 Å². The summed E-state index contributed by atoms with van der Waals surface area (Å²) in [6.45, 7) is 3.60. The number of carbonyl (C=O) groups excluding carboxylic acids is 2. The molecule has 0 bridgehead atoms. The molecule has 0 saturated carbocycles. The van der Waals surface area contributed by atoms with Gasteiger partial charge in [0.15, 0.2) is 6.54 Å². The van der Waals surface area contributed by atoms with Gasteiger partial charge in [-0.3, -0.25) is 10.1 Å². The molecule has 1 unspecified atom stereocenters. The standard InChI is InChI=1S/C14H20ClN3O3/c1-3-16-14(20)17-13(19)10-18(2)8-9-21-12-6-4-11(15)5-7-12/h4-7H,3,8-10H2,1-2H3,(H2,16,17,19,20)/p+1. The molecule has 21 heavy (non-hydrogen) atoms. The SMILES string of the molecule is CCNC(=O)NC(=O)C[NH+](C)CCOc1ccc(Cl)cc1. The number of hydrogen-bond donors (Lipinski definition) is 3. The lowest BCUT2D eigenvalue weighted by Gasteiger charge is -2.14. The van der Waals surface area contributed by atoms with Crippen molar-refractivity contribution in [3.8, 4) is 5.75 Å². The highest BCUT2D eigenvalue weighted by atomic mass is 35.5. The summed E-state index contributed by atoms with van der Waals surface area (Å²) in [6.07, 6.45) is 0. The number of benzene rings is 1. The summed E-state index contributed by atoms with van der Waals surface area (Å²) in [5, 5.41) is 5.42. The molecule has 1 rings (SSSR count). The number of imide groups is 1. The van der Waals surface area contributed by atoms with Crippen LogP contribution >= 0.6 is 11.6 Å². The second kappa shape index (κ2) is 9.20. The van der Waals surface area contributed by atoms with Crippen LogP contribution in [0.25, 0.3) is 0 Å². The fraction of sp³-hybridized carbons (Fsp3) is 0.429. The molecular formula is C14H21ClN3O3+. The molecule has 0 spiro atoms. The summed E-state index contributed by atoms with van der Waals surface area (Å²) in [4.78, 5) is 23.7. The maximum absolute atomic E-state index is 11.6. The van der Waals surface area contributed by atoms with E-state index in [0.29, 0.717) is 24.7 Å². The normalized spacial score (nSPS) is 11.6. The molecule has 3 N–H and O–H groups in total. The van der Waals surface area contributed by atoms with Crippen LogP contribution in [0.15, 0.2) is 24.3 Å². The number of urea groups is 1. The van der Waals surface area contributed by atoms with Gasteiger partial charge >= 0.3 is 6.03 Å². The van der Waals surface area contributed by atoms with E-state index in [1.54, 1.807) is 31.2 Å². The molecule has 0 saturated heterocycles. The minimum Gasteiger partial charge on any atom is -0.488 e. The van der Waals surface area contributed by atoms with Gasteiger partial charge in [-0.2, -0.15) is 0 Å². The number of likely N-dealkylation sites (N-methyl/N-ethyl adjacent to an activating group) is 1. The fourth-order valence-electron chi connectivity index (χ4n) is 1.61. The molecule has 6 nitrogen and oxygen atoms in total. The number of ether oxygens (including phenoxy) is 1. The predicted octanol–water partition coefficient (Wildman–Crippen LogP) is 0.0792. The average molecular weight is 315 g/mol. The zero-order valence-corrected chi connectivity index (χ0v) is 13.0. The van der Waals surface area contributed by atoms with Crippen LogP contribution in [0.3, 0.4) is 0 Å². The first kappa shape index (κ1) is 17.3. The lowest BCUT2D eigenvalue weighted by Crippen LogP contribution is -3.10. The molecule has 0 aromatic heterocycles. The molecule has 0 aliphatic carbocycles. The predicted molar refractivity (Wildman–Crippen MR) is 80.8 cm³/mol. The third-order valence-electron chi connectivity index (χ3n) is 2.66. The van der Waals surface area contributed by atoms with Gasteiger partial charge in [-0.05, 0) is 31.2 Å². The van der Waals surface area contributed by atoms with Crippen molar-refractivity contribution in [2.45, 2.75) is 6.92 Å². The van der Waals surface area contributed by atoms with Crippen LogP contribution in [0, 0.1) is 0 Å². The van der Waals surface area contributed by atoms with Crippen LogP contribution in [-0.2, 0) is 4.79 Å². The van der Waals surface area contributed by atoms with Crippen LogP contribution < -0.4 is 20.3 Å². The highest BCUT2D eigenvalue weighted by Crippen LogP contribution is 2.14. The Bertz CT molecular complexity index is 465. The van der Waals surface area contributed by atoms with Crippen molar-refractivity contribution >= 4 is 23.5 Å². The third-order valence-corrected chi connectivity index (χ3v) is 2.92. The van der Waals surface area contributed by atoms with E-state index in [0.717, 1.165) is 10.6 Å². The van der Waals surface area contributed by atoms with E-state index in [-0.39, 0.29) is 12.5 Å². The number of carbonyl (C=O) groups is 2. The molecule has 1 aromatic carbocycles. The summed E-state index contributed by atoms with van der Waals surface area (Å²) in [6, 6.07) is 6.63. The molecule has 1 atom stereocenters. The summed E-state index contributed by atoms with van der Waals surface area (Å²) in [5.74, 6) is 0.420. The zero-order chi connectivity index (χ0) is 15.7. The van der Waals surface area contributed by atoms with Gasteiger partial charge in [-0.15, -0.1) is 0 Å². The van der Waals surface area contributed by atoms with Crippen LogP contribution in [-0.4, -0.2) is 45.2 Å². The van der Waals surface area contributed by atoms with E-state index < -0.39 is 6.03 Å². The fourth-order valence-corrected chi connectivity index (χ4v) is 1.74. The lowest BCUT2D eigenvalue weighted by molar-refractivity contribution is -0.871. The summed E-state index contributed by atoms with van der Waals surface area (Å²) in [7, 11) is 1.86. The number of rotatable bonds is 7. The van der Waals surface area contributed by atoms with Gasteiger partial charge in [0, 0.05) is 11.6 Å². The van der Waals surface area contributed by atoms with Gasteiger partial charge in [-0.1, -0.05) is 11.6 Å². The highest BCUT2D eigenvalue weighted by Gasteiger charge is 2.12. The zero-order valence-electron chi connectivity index (χ0n) is 12.2. The molecule has 0 fully saturated rings. The monoisotopic (exact) mass is 314 g/mol. The maximum atomic E-state index is 11.6. The quantitative estimate of drug-likeness (QED) is 0.667. The Morgan fingerprint density at radius 1 is 1.29 bits per heavy atom. The van der Waals surface area contributed by atoms with Gasteiger partial charge in [0.25, 0.3) is 5.91 Å². The summed E-state index contributed by atoms with van der Waals surface area (Å²) in [5.41, 5.74) is 0. The second-order valence-corrected chi connectivity index (χ2v) is 5.03. The molecule has 116 valence electrons. The Kier molecular flexibility index (Phi) is 7.56. The Labute approximate surface area is 129 Å². The van der Waals surface area contributed by atoms with Crippen molar-refractivity contribution in [3.63, 3.8) is 0 Å². The number of amides is 3. The largest absolute Gasteiger partial charge is 0.488 e. The van der Waals surface area contributed by atoms with Crippen molar-refractivity contribution in [3.05, 3.63) is 29.3 Å². The summed E-state index contributed by atoms with van der Waals surface area (Å²) < 4.78 is 5.54. The highest BCUT2D eigenvalue weighted by molar-refractivity contribution is 6.30. The van der Waals surface area contributed by atoms with E-state index >= 15 is 0 Å². The Morgan fingerprint density at radius 3 is 2.57 bits per heavy atom. The molecule has 1 aromatic rings. The molecule has 7 heteroatoms. The van der Waals surface area contributed by atoms with Crippen molar-refractivity contribution in [1.82, 2.24) is 10.6 Å². The number of hydrogen-bond acceptors (Lipinski definition) is 3. The van der Waals surface area contributed by atoms with E-state index in [2.05, 4.69) is 10.6 Å². The van der Waals surface area contributed by atoms with E-state index in [9.17, 15) is 9.59 Å². The smallest absolute Gasteiger partial charge is 0.321 e. The van der Waals surface area contributed by atoms with Crippen molar-refractivity contribution in [2.75, 3.05) is 33.3 Å². The van der Waals surface area contributed by atoms with Gasteiger partial charge < -0.3 is 15.0 Å². The topological polar surface area (TPSA) is 71.9 Å². The maximum Gasteiger partial charge on any atom is 0.321 e. The van der Waals surface area contributed by atoms with Crippen molar-refractivity contribution in [1.29, 1.82) is 0 Å².